The summed E-state index contributed by atoms with van der Waals surface area (Å²) in [4.78, 5) is 39.5. The third-order valence-electron chi connectivity index (χ3n) is 5.63. The maximum Gasteiger partial charge on any atom is 0.335 e. The van der Waals surface area contributed by atoms with Crippen molar-refractivity contribution in [2.24, 2.45) is 0 Å². The first kappa shape index (κ1) is 25.0. The van der Waals surface area contributed by atoms with Crippen molar-refractivity contribution in [1.29, 1.82) is 0 Å². The van der Waals surface area contributed by atoms with Crippen LogP contribution in [0.4, 0.5) is 10.5 Å². The van der Waals surface area contributed by atoms with E-state index in [-0.39, 0.29) is 12.2 Å². The molecule has 1 aliphatic rings. The van der Waals surface area contributed by atoms with Gasteiger partial charge in [0.05, 0.1) is 12.3 Å². The van der Waals surface area contributed by atoms with Crippen LogP contribution in [0.25, 0.3) is 6.08 Å². The number of carbonyl (C=O) groups is 3. The van der Waals surface area contributed by atoms with Crippen molar-refractivity contribution in [3.8, 4) is 11.5 Å². The zero-order valence-corrected chi connectivity index (χ0v) is 20.9. The smallest absolute Gasteiger partial charge is 0.335 e. The van der Waals surface area contributed by atoms with Gasteiger partial charge >= 0.3 is 6.03 Å². The lowest BCUT2D eigenvalue weighted by atomic mass is 10.0. The standard InChI is InChI=1S/C28H25ClN2O5/c1-4-35-25-15-19(11-12-24(25)36-16-20-7-5-6-8-22(20)29)14-21-26(32)30-28(34)31(27(21)33)23-13-17(2)9-10-18(23)3/h5-15H,4,16H2,1-3H3,(H,30,32,34)/b21-14+. The van der Waals surface area contributed by atoms with E-state index in [0.29, 0.717) is 34.4 Å². The number of hydrogen-bond donors (Lipinski definition) is 1. The second-order valence-corrected chi connectivity index (χ2v) is 8.67. The number of nitrogens with one attached hydrogen (secondary N) is 1. The minimum Gasteiger partial charge on any atom is -0.490 e. The van der Waals surface area contributed by atoms with Gasteiger partial charge in [0.1, 0.15) is 12.2 Å². The van der Waals surface area contributed by atoms with Gasteiger partial charge in [0.15, 0.2) is 11.5 Å². The van der Waals surface area contributed by atoms with Crippen LogP contribution >= 0.6 is 11.6 Å². The first-order valence-corrected chi connectivity index (χ1v) is 11.8. The van der Waals surface area contributed by atoms with Crippen LogP contribution in [0.5, 0.6) is 11.5 Å². The van der Waals surface area contributed by atoms with E-state index in [4.69, 9.17) is 21.1 Å². The Morgan fingerprint density at radius 2 is 1.72 bits per heavy atom. The summed E-state index contributed by atoms with van der Waals surface area (Å²) in [5.41, 5.74) is 3.24. The molecule has 184 valence electrons. The Kier molecular flexibility index (Phi) is 7.41. The topological polar surface area (TPSA) is 84.9 Å². The average Bonchev–Trinajstić information content (AvgIpc) is 2.84. The molecule has 1 aliphatic heterocycles. The van der Waals surface area contributed by atoms with Gasteiger partial charge in [-0.1, -0.05) is 48.0 Å². The number of ether oxygens (including phenoxy) is 2. The fraction of sp³-hybridized carbons (Fsp3) is 0.179. The molecule has 4 rings (SSSR count). The molecule has 0 radical (unpaired) electrons. The number of imide groups is 2. The van der Waals surface area contributed by atoms with Gasteiger partial charge in [-0.3, -0.25) is 14.9 Å². The molecule has 1 N–H and O–H groups in total. The number of barbiturate groups is 1. The fourth-order valence-corrected chi connectivity index (χ4v) is 3.97. The lowest BCUT2D eigenvalue weighted by molar-refractivity contribution is -0.122. The summed E-state index contributed by atoms with van der Waals surface area (Å²) in [5, 5.41) is 2.86. The second-order valence-electron chi connectivity index (χ2n) is 8.27. The van der Waals surface area contributed by atoms with Crippen molar-refractivity contribution >= 4 is 41.2 Å². The third-order valence-corrected chi connectivity index (χ3v) is 6.00. The summed E-state index contributed by atoms with van der Waals surface area (Å²) >= 11 is 6.22. The number of aryl methyl sites for hydroxylation is 2. The van der Waals surface area contributed by atoms with Gasteiger partial charge in [-0.2, -0.15) is 0 Å². The largest absolute Gasteiger partial charge is 0.490 e. The zero-order chi connectivity index (χ0) is 25.8. The molecule has 0 aromatic heterocycles. The summed E-state index contributed by atoms with van der Waals surface area (Å²) in [6, 6.07) is 17.1. The first-order chi connectivity index (χ1) is 17.3. The Morgan fingerprint density at radius 1 is 0.944 bits per heavy atom. The molecular formula is C28H25ClN2O5. The summed E-state index contributed by atoms with van der Waals surface area (Å²) in [5.74, 6) is -0.520. The summed E-state index contributed by atoms with van der Waals surface area (Å²) in [6.45, 7) is 6.13. The van der Waals surface area contributed by atoms with Crippen LogP contribution in [0, 0.1) is 13.8 Å². The fourth-order valence-electron chi connectivity index (χ4n) is 3.78. The SMILES string of the molecule is CCOc1cc(/C=C2\C(=O)NC(=O)N(c3cc(C)ccc3C)C2=O)ccc1OCc1ccccc1Cl. The molecule has 1 fully saturated rings. The van der Waals surface area contributed by atoms with E-state index in [1.54, 1.807) is 37.3 Å². The highest BCUT2D eigenvalue weighted by Crippen LogP contribution is 2.32. The van der Waals surface area contributed by atoms with Gasteiger partial charge in [-0.15, -0.1) is 0 Å². The maximum atomic E-state index is 13.3. The number of urea groups is 1. The predicted molar refractivity (Wildman–Crippen MR) is 138 cm³/mol. The van der Waals surface area contributed by atoms with Crippen LogP contribution in [-0.4, -0.2) is 24.5 Å². The van der Waals surface area contributed by atoms with Crippen LogP contribution in [0.15, 0.2) is 66.2 Å². The van der Waals surface area contributed by atoms with Gasteiger partial charge in [0, 0.05) is 10.6 Å². The molecule has 4 amide bonds. The summed E-state index contributed by atoms with van der Waals surface area (Å²) < 4.78 is 11.7. The van der Waals surface area contributed by atoms with Crippen LogP contribution in [-0.2, 0) is 16.2 Å². The molecule has 3 aromatic carbocycles. The number of rotatable bonds is 7. The highest BCUT2D eigenvalue weighted by molar-refractivity contribution is 6.39. The van der Waals surface area contributed by atoms with E-state index in [0.717, 1.165) is 21.6 Å². The molecule has 0 spiro atoms. The van der Waals surface area contributed by atoms with Gasteiger partial charge in [0.2, 0.25) is 0 Å². The highest BCUT2D eigenvalue weighted by Gasteiger charge is 2.37. The van der Waals surface area contributed by atoms with E-state index in [1.807, 2.05) is 44.2 Å². The van der Waals surface area contributed by atoms with Crippen molar-refractivity contribution in [1.82, 2.24) is 5.32 Å². The van der Waals surface area contributed by atoms with Crippen LogP contribution in [0.1, 0.15) is 29.2 Å². The lowest BCUT2D eigenvalue weighted by Crippen LogP contribution is -2.54. The number of amides is 4. The summed E-state index contributed by atoms with van der Waals surface area (Å²) in [7, 11) is 0. The van der Waals surface area contributed by atoms with E-state index in [9.17, 15) is 14.4 Å². The van der Waals surface area contributed by atoms with Crippen LogP contribution in [0.3, 0.4) is 0 Å². The predicted octanol–water partition coefficient (Wildman–Crippen LogP) is 5.60. The molecule has 0 unspecified atom stereocenters. The van der Waals surface area contributed by atoms with Gasteiger partial charge in [-0.25, -0.2) is 9.69 Å². The number of nitrogens with zero attached hydrogens (tertiary/aromatic N) is 1. The van der Waals surface area contributed by atoms with Crippen LogP contribution < -0.4 is 19.7 Å². The number of benzene rings is 3. The number of anilines is 1. The molecule has 1 saturated heterocycles. The molecule has 7 nitrogen and oxygen atoms in total. The van der Waals surface area contributed by atoms with Crippen molar-refractivity contribution < 1.29 is 23.9 Å². The normalized spacial score (nSPS) is 14.7. The number of carbonyl (C=O) groups excluding carboxylic acids is 3. The van der Waals surface area contributed by atoms with Crippen molar-refractivity contribution in [2.45, 2.75) is 27.4 Å². The molecule has 1 heterocycles. The Labute approximate surface area is 214 Å². The summed E-state index contributed by atoms with van der Waals surface area (Å²) in [6.07, 6.45) is 1.43. The molecule has 0 saturated carbocycles. The molecule has 3 aromatic rings. The Hall–Kier alpha value is -4.10. The van der Waals surface area contributed by atoms with Crippen LogP contribution in [0.2, 0.25) is 5.02 Å². The van der Waals surface area contributed by atoms with E-state index in [2.05, 4.69) is 5.32 Å². The van der Waals surface area contributed by atoms with Crippen molar-refractivity contribution in [3.05, 3.63) is 93.5 Å². The molecule has 8 heteroatoms. The van der Waals surface area contributed by atoms with Gasteiger partial charge in [-0.05, 0) is 67.8 Å². The average molecular weight is 505 g/mol. The Morgan fingerprint density at radius 3 is 2.47 bits per heavy atom. The first-order valence-electron chi connectivity index (χ1n) is 11.4. The molecule has 0 bridgehead atoms. The Balaban J connectivity index is 1.64. The monoisotopic (exact) mass is 504 g/mol. The molecule has 0 aliphatic carbocycles. The maximum absolute atomic E-state index is 13.3. The van der Waals surface area contributed by atoms with Crippen molar-refractivity contribution in [3.63, 3.8) is 0 Å². The van der Waals surface area contributed by atoms with E-state index < -0.39 is 17.8 Å². The zero-order valence-electron chi connectivity index (χ0n) is 20.1. The minimum absolute atomic E-state index is 0.164. The number of hydrogen-bond acceptors (Lipinski definition) is 5. The van der Waals surface area contributed by atoms with Gasteiger partial charge < -0.3 is 9.47 Å². The Bertz CT molecular complexity index is 1380. The van der Waals surface area contributed by atoms with Crippen molar-refractivity contribution in [2.75, 3.05) is 11.5 Å². The van der Waals surface area contributed by atoms with E-state index >= 15 is 0 Å². The van der Waals surface area contributed by atoms with Gasteiger partial charge in [0.25, 0.3) is 11.8 Å². The highest BCUT2D eigenvalue weighted by atomic mass is 35.5. The lowest BCUT2D eigenvalue weighted by Gasteiger charge is -2.27. The van der Waals surface area contributed by atoms with E-state index in [1.165, 1.54) is 6.08 Å². The molecular weight excluding hydrogens is 480 g/mol. The minimum atomic E-state index is -0.783. The number of halogens is 1. The third kappa shape index (κ3) is 5.26. The quantitative estimate of drug-likeness (QED) is 0.334. The second kappa shape index (κ2) is 10.7. The molecule has 36 heavy (non-hydrogen) atoms. The molecule has 0 atom stereocenters.